The molecule has 1 aromatic carbocycles. The van der Waals surface area contributed by atoms with Crippen molar-refractivity contribution < 1.29 is 0 Å². The van der Waals surface area contributed by atoms with Crippen molar-refractivity contribution in [2.24, 2.45) is 0 Å². The van der Waals surface area contributed by atoms with E-state index >= 15 is 0 Å². The molecular formula is C15H23N3S. The van der Waals surface area contributed by atoms with Crippen molar-refractivity contribution in [3.05, 3.63) is 30.6 Å². The van der Waals surface area contributed by atoms with Gasteiger partial charge in [0.15, 0.2) is 0 Å². The molecule has 0 bridgehead atoms. The standard InChI is InChI=1S/C15H23N3S/c1-19-12-5-4-9-16-10-6-11-18-13-17-14-7-2-3-8-15(14)18/h2-3,7-8,13,16H,4-6,9-12H2,1H3. The van der Waals surface area contributed by atoms with Crippen LogP contribution in [0, 0.1) is 0 Å². The van der Waals surface area contributed by atoms with E-state index in [1.165, 1.54) is 24.1 Å². The van der Waals surface area contributed by atoms with Crippen molar-refractivity contribution >= 4 is 22.8 Å². The molecule has 2 aromatic rings. The first kappa shape index (κ1) is 14.4. The lowest BCUT2D eigenvalue weighted by Crippen LogP contribution is -2.18. The Labute approximate surface area is 119 Å². The van der Waals surface area contributed by atoms with E-state index in [2.05, 4.69) is 39.3 Å². The SMILES string of the molecule is CSCCCCNCCCn1cnc2ccccc21. The van der Waals surface area contributed by atoms with Crippen LogP contribution >= 0.6 is 11.8 Å². The minimum absolute atomic E-state index is 1.04. The van der Waals surface area contributed by atoms with Gasteiger partial charge in [-0.05, 0) is 56.5 Å². The van der Waals surface area contributed by atoms with Gasteiger partial charge in [0.2, 0.25) is 0 Å². The van der Waals surface area contributed by atoms with E-state index in [0.717, 1.165) is 31.6 Å². The van der Waals surface area contributed by atoms with Crippen molar-refractivity contribution in [2.45, 2.75) is 25.8 Å². The zero-order valence-corrected chi connectivity index (χ0v) is 12.5. The molecule has 19 heavy (non-hydrogen) atoms. The summed E-state index contributed by atoms with van der Waals surface area (Å²) in [5.41, 5.74) is 2.33. The molecule has 1 N–H and O–H groups in total. The zero-order chi connectivity index (χ0) is 13.3. The summed E-state index contributed by atoms with van der Waals surface area (Å²) in [4.78, 5) is 4.41. The number of fused-ring (bicyclic) bond motifs is 1. The van der Waals surface area contributed by atoms with Gasteiger partial charge in [-0.15, -0.1) is 0 Å². The van der Waals surface area contributed by atoms with E-state index in [0.29, 0.717) is 0 Å². The summed E-state index contributed by atoms with van der Waals surface area (Å²) in [6.07, 6.45) is 7.88. The van der Waals surface area contributed by atoms with E-state index < -0.39 is 0 Å². The van der Waals surface area contributed by atoms with Crippen LogP contribution < -0.4 is 5.32 Å². The monoisotopic (exact) mass is 277 g/mol. The molecule has 0 saturated carbocycles. The number of aromatic nitrogens is 2. The third kappa shape index (κ3) is 4.55. The van der Waals surface area contributed by atoms with Crippen LogP contribution in [0.25, 0.3) is 11.0 Å². The molecule has 3 nitrogen and oxygen atoms in total. The van der Waals surface area contributed by atoms with E-state index in [1.54, 1.807) is 0 Å². The maximum absolute atomic E-state index is 4.41. The van der Waals surface area contributed by atoms with Crippen LogP contribution in [0.15, 0.2) is 30.6 Å². The van der Waals surface area contributed by atoms with Crippen molar-refractivity contribution in [1.82, 2.24) is 14.9 Å². The first-order valence-electron chi connectivity index (χ1n) is 7.01. The number of imidazole rings is 1. The number of unbranched alkanes of at least 4 members (excludes halogenated alkanes) is 1. The van der Waals surface area contributed by atoms with Gasteiger partial charge < -0.3 is 9.88 Å². The summed E-state index contributed by atoms with van der Waals surface area (Å²) in [6.45, 7) is 3.27. The van der Waals surface area contributed by atoms with Gasteiger partial charge in [-0.25, -0.2) is 4.98 Å². The van der Waals surface area contributed by atoms with E-state index in [-0.39, 0.29) is 0 Å². The quantitative estimate of drug-likeness (QED) is 0.714. The molecule has 0 atom stereocenters. The van der Waals surface area contributed by atoms with Gasteiger partial charge >= 0.3 is 0 Å². The van der Waals surface area contributed by atoms with Gasteiger partial charge in [0.1, 0.15) is 0 Å². The number of thioether (sulfide) groups is 1. The molecule has 0 fully saturated rings. The van der Waals surface area contributed by atoms with Gasteiger partial charge in [-0.2, -0.15) is 11.8 Å². The maximum Gasteiger partial charge on any atom is 0.0958 e. The molecule has 0 aliphatic rings. The van der Waals surface area contributed by atoms with E-state index in [1.807, 2.05) is 24.2 Å². The largest absolute Gasteiger partial charge is 0.331 e. The topological polar surface area (TPSA) is 29.9 Å². The Bertz CT molecular complexity index is 481. The van der Waals surface area contributed by atoms with Crippen LogP contribution in [-0.2, 0) is 6.54 Å². The molecular weight excluding hydrogens is 254 g/mol. The lowest BCUT2D eigenvalue weighted by Gasteiger charge is -2.06. The molecule has 0 aliphatic carbocycles. The highest BCUT2D eigenvalue weighted by Crippen LogP contribution is 2.11. The summed E-state index contributed by atoms with van der Waals surface area (Å²) in [7, 11) is 0. The summed E-state index contributed by atoms with van der Waals surface area (Å²) >= 11 is 1.93. The highest BCUT2D eigenvalue weighted by atomic mass is 32.2. The first-order valence-corrected chi connectivity index (χ1v) is 8.41. The van der Waals surface area contributed by atoms with Crippen molar-refractivity contribution in [2.75, 3.05) is 25.1 Å². The van der Waals surface area contributed by atoms with Crippen molar-refractivity contribution in [1.29, 1.82) is 0 Å². The Morgan fingerprint density at radius 3 is 2.89 bits per heavy atom. The molecule has 0 radical (unpaired) electrons. The molecule has 1 heterocycles. The lowest BCUT2D eigenvalue weighted by molar-refractivity contribution is 0.575. The summed E-state index contributed by atoms with van der Waals surface area (Å²) in [5, 5.41) is 3.51. The lowest BCUT2D eigenvalue weighted by atomic mass is 10.3. The third-order valence-electron chi connectivity index (χ3n) is 3.23. The second-order valence-electron chi connectivity index (χ2n) is 4.73. The number of hydrogen-bond acceptors (Lipinski definition) is 3. The van der Waals surface area contributed by atoms with E-state index in [4.69, 9.17) is 0 Å². The van der Waals surface area contributed by atoms with Crippen LogP contribution in [0.3, 0.4) is 0 Å². The van der Waals surface area contributed by atoms with Gasteiger partial charge in [0.05, 0.1) is 17.4 Å². The molecule has 2 rings (SSSR count). The molecule has 0 spiro atoms. The fraction of sp³-hybridized carbons (Fsp3) is 0.533. The Balaban J connectivity index is 1.63. The van der Waals surface area contributed by atoms with E-state index in [9.17, 15) is 0 Å². The Hall–Kier alpha value is -1.00. The highest BCUT2D eigenvalue weighted by Gasteiger charge is 2.00. The summed E-state index contributed by atoms with van der Waals surface area (Å²) in [6, 6.07) is 8.31. The van der Waals surface area contributed by atoms with Crippen LogP contribution in [0.1, 0.15) is 19.3 Å². The zero-order valence-electron chi connectivity index (χ0n) is 11.6. The normalized spacial score (nSPS) is 11.2. The number of para-hydroxylation sites is 2. The average Bonchev–Trinajstić information content (AvgIpc) is 2.85. The first-order chi connectivity index (χ1) is 9.42. The molecule has 4 heteroatoms. The second kappa shape index (κ2) is 8.23. The molecule has 0 saturated heterocycles. The minimum atomic E-state index is 1.04. The number of nitrogens with one attached hydrogen (secondary N) is 1. The third-order valence-corrected chi connectivity index (χ3v) is 3.93. The molecule has 0 aliphatic heterocycles. The number of rotatable bonds is 9. The predicted molar refractivity (Wildman–Crippen MR) is 84.8 cm³/mol. The Morgan fingerprint density at radius 2 is 2.00 bits per heavy atom. The van der Waals surface area contributed by atoms with Crippen molar-refractivity contribution in [3.8, 4) is 0 Å². The minimum Gasteiger partial charge on any atom is -0.331 e. The van der Waals surface area contributed by atoms with Gasteiger partial charge in [-0.1, -0.05) is 12.1 Å². The van der Waals surface area contributed by atoms with Gasteiger partial charge in [0, 0.05) is 6.54 Å². The maximum atomic E-state index is 4.41. The van der Waals surface area contributed by atoms with Crippen molar-refractivity contribution in [3.63, 3.8) is 0 Å². The number of benzene rings is 1. The number of hydrogen-bond donors (Lipinski definition) is 1. The second-order valence-corrected chi connectivity index (χ2v) is 5.72. The number of aryl methyl sites for hydroxylation is 1. The van der Waals surface area contributed by atoms with Crippen LogP contribution in [0.4, 0.5) is 0 Å². The molecule has 0 amide bonds. The fourth-order valence-corrected chi connectivity index (χ4v) is 2.68. The smallest absolute Gasteiger partial charge is 0.0958 e. The summed E-state index contributed by atoms with van der Waals surface area (Å²) < 4.78 is 2.24. The highest BCUT2D eigenvalue weighted by molar-refractivity contribution is 7.98. The van der Waals surface area contributed by atoms with Crippen LogP contribution in [0.5, 0.6) is 0 Å². The number of nitrogens with zero attached hydrogens (tertiary/aromatic N) is 2. The van der Waals surface area contributed by atoms with Gasteiger partial charge in [-0.3, -0.25) is 0 Å². The Kier molecular flexibility index (Phi) is 6.24. The van der Waals surface area contributed by atoms with Crippen LogP contribution in [0.2, 0.25) is 0 Å². The average molecular weight is 277 g/mol. The fourth-order valence-electron chi connectivity index (χ4n) is 2.18. The Morgan fingerprint density at radius 1 is 1.16 bits per heavy atom. The molecule has 104 valence electrons. The van der Waals surface area contributed by atoms with Crippen LogP contribution in [-0.4, -0.2) is 34.6 Å². The van der Waals surface area contributed by atoms with Gasteiger partial charge in [0.25, 0.3) is 0 Å². The predicted octanol–water partition coefficient (Wildman–Crippen LogP) is 3.16. The summed E-state index contributed by atoms with van der Waals surface area (Å²) in [5.74, 6) is 1.28. The molecule has 0 unspecified atom stereocenters. The molecule has 1 aromatic heterocycles.